The first-order chi connectivity index (χ1) is 21.5. The maximum atomic E-state index is 14.7. The molecule has 230 valence electrons. The first-order valence-corrected chi connectivity index (χ1v) is 14.8. The quantitative estimate of drug-likeness (QED) is 0.144. The van der Waals surface area contributed by atoms with Crippen LogP contribution in [0.15, 0.2) is 67.1 Å². The third-order valence-corrected chi connectivity index (χ3v) is 7.30. The zero-order valence-corrected chi connectivity index (χ0v) is 26.0. The molecular weight excluding hydrogens is 569 g/mol. The monoisotopic (exact) mass is 605 g/mol. The van der Waals surface area contributed by atoms with Crippen molar-refractivity contribution in [2.24, 2.45) is 5.41 Å². The Kier molecular flexibility index (Phi) is 8.03. The van der Waals surface area contributed by atoms with Crippen LogP contribution in [0.5, 0.6) is 0 Å². The smallest absolute Gasteiger partial charge is 0.224 e. The molecule has 0 aliphatic carbocycles. The Hall–Kier alpha value is -5.16. The summed E-state index contributed by atoms with van der Waals surface area (Å²) in [6.07, 6.45) is 5.51. The van der Waals surface area contributed by atoms with Crippen LogP contribution < -0.4 is 10.6 Å². The third kappa shape index (κ3) is 6.83. The highest BCUT2D eigenvalue weighted by Crippen LogP contribution is 2.34. The number of nitrogens with zero attached hydrogens (tertiary/aromatic N) is 5. The summed E-state index contributed by atoms with van der Waals surface area (Å²) in [5, 5.41) is 14.6. The molecule has 6 aromatic rings. The number of aromatic nitrogens is 6. The van der Waals surface area contributed by atoms with Crippen molar-refractivity contribution in [3.63, 3.8) is 0 Å². The van der Waals surface area contributed by atoms with Gasteiger partial charge in [0.25, 0.3) is 0 Å². The molecule has 11 heteroatoms. The second-order valence-corrected chi connectivity index (χ2v) is 12.7. The predicted molar refractivity (Wildman–Crippen MR) is 177 cm³/mol. The highest BCUT2D eigenvalue weighted by Gasteiger charge is 2.18. The molecule has 0 saturated heterocycles. The van der Waals surface area contributed by atoms with E-state index in [1.165, 1.54) is 12.1 Å². The number of nitrogens with one attached hydrogen (secondary N) is 4. The summed E-state index contributed by atoms with van der Waals surface area (Å²) >= 11 is 0. The molecule has 0 atom stereocenters. The average molecular weight is 606 g/mol. The maximum absolute atomic E-state index is 14.7. The fraction of sp³-hybridized carbons (Fsp3) is 0.265. The van der Waals surface area contributed by atoms with Gasteiger partial charge < -0.3 is 20.5 Å². The summed E-state index contributed by atoms with van der Waals surface area (Å²) in [4.78, 5) is 31.8. The highest BCUT2D eigenvalue weighted by atomic mass is 19.1. The molecule has 0 fully saturated rings. The molecule has 0 spiro atoms. The molecule has 4 heterocycles. The Labute approximate surface area is 260 Å². The summed E-state index contributed by atoms with van der Waals surface area (Å²) in [5.41, 5.74) is 7.08. The number of para-hydroxylation sites is 1. The van der Waals surface area contributed by atoms with Crippen molar-refractivity contribution in [3.8, 4) is 33.8 Å². The van der Waals surface area contributed by atoms with Crippen molar-refractivity contribution in [1.82, 2.24) is 35.0 Å². The lowest BCUT2D eigenvalue weighted by atomic mass is 9.92. The van der Waals surface area contributed by atoms with E-state index in [2.05, 4.69) is 40.7 Å². The first-order valence-electron chi connectivity index (χ1n) is 14.8. The van der Waals surface area contributed by atoms with Gasteiger partial charge in [-0.25, -0.2) is 14.4 Å². The minimum atomic E-state index is -0.322. The molecule has 0 unspecified atom stereocenters. The summed E-state index contributed by atoms with van der Waals surface area (Å²) in [5.74, 6) is 0.174. The molecule has 6 rings (SSSR count). The second kappa shape index (κ2) is 12.1. The first kappa shape index (κ1) is 29.9. The minimum Gasteiger partial charge on any atom is -0.384 e. The van der Waals surface area contributed by atoms with Crippen LogP contribution >= 0.6 is 0 Å². The predicted octanol–water partition coefficient (Wildman–Crippen LogP) is 6.72. The number of likely N-dealkylation sites (N-methyl/N-ethyl adjacent to an activating group) is 1. The van der Waals surface area contributed by atoms with Crippen molar-refractivity contribution in [2.75, 3.05) is 37.8 Å². The van der Waals surface area contributed by atoms with E-state index >= 15 is 0 Å². The molecule has 0 radical (unpaired) electrons. The topological polar surface area (TPSA) is 128 Å². The number of anilines is 2. The number of pyridine rings is 2. The maximum Gasteiger partial charge on any atom is 0.224 e. The lowest BCUT2D eigenvalue weighted by Crippen LogP contribution is -2.20. The van der Waals surface area contributed by atoms with Gasteiger partial charge in [0.2, 0.25) is 5.91 Å². The molecule has 0 bridgehead atoms. The summed E-state index contributed by atoms with van der Waals surface area (Å²) in [6, 6.07) is 14.6. The van der Waals surface area contributed by atoms with Crippen LogP contribution in [0.1, 0.15) is 27.2 Å². The van der Waals surface area contributed by atoms with Crippen LogP contribution in [0.4, 0.5) is 15.8 Å². The molecule has 0 aliphatic heterocycles. The Morgan fingerprint density at radius 2 is 1.78 bits per heavy atom. The fourth-order valence-corrected chi connectivity index (χ4v) is 5.24. The van der Waals surface area contributed by atoms with Crippen molar-refractivity contribution >= 4 is 39.3 Å². The highest BCUT2D eigenvalue weighted by molar-refractivity contribution is 5.98. The van der Waals surface area contributed by atoms with Gasteiger partial charge in [0.1, 0.15) is 11.5 Å². The van der Waals surface area contributed by atoms with E-state index in [0.717, 1.165) is 39.7 Å². The van der Waals surface area contributed by atoms with Gasteiger partial charge in [0.05, 0.1) is 28.3 Å². The van der Waals surface area contributed by atoms with Gasteiger partial charge in [-0.3, -0.25) is 14.9 Å². The van der Waals surface area contributed by atoms with E-state index in [0.29, 0.717) is 47.0 Å². The van der Waals surface area contributed by atoms with E-state index in [4.69, 9.17) is 4.98 Å². The number of hydrogen-bond donors (Lipinski definition) is 4. The molecule has 0 saturated carbocycles. The number of amides is 1. The molecule has 4 aromatic heterocycles. The lowest BCUT2D eigenvalue weighted by Gasteiger charge is -2.17. The van der Waals surface area contributed by atoms with Crippen LogP contribution in [-0.2, 0) is 4.79 Å². The number of hydrogen-bond acceptors (Lipinski definition) is 7. The number of imidazole rings is 1. The van der Waals surface area contributed by atoms with Crippen LogP contribution in [-0.4, -0.2) is 68.1 Å². The molecule has 10 nitrogen and oxygen atoms in total. The normalized spacial score (nSPS) is 11.9. The zero-order chi connectivity index (χ0) is 31.7. The second-order valence-electron chi connectivity index (χ2n) is 12.7. The molecule has 45 heavy (non-hydrogen) atoms. The number of halogens is 1. The van der Waals surface area contributed by atoms with Crippen molar-refractivity contribution in [3.05, 3.63) is 72.9 Å². The van der Waals surface area contributed by atoms with Gasteiger partial charge >= 0.3 is 0 Å². The number of carbonyl (C=O) groups is 1. The van der Waals surface area contributed by atoms with Gasteiger partial charge in [-0.2, -0.15) is 5.10 Å². The van der Waals surface area contributed by atoms with E-state index in [9.17, 15) is 9.18 Å². The van der Waals surface area contributed by atoms with E-state index in [1.54, 1.807) is 18.6 Å². The van der Waals surface area contributed by atoms with E-state index in [-0.39, 0.29) is 17.1 Å². The molecule has 1 amide bonds. The summed E-state index contributed by atoms with van der Waals surface area (Å²) in [6.45, 7) is 7.60. The Morgan fingerprint density at radius 1 is 0.978 bits per heavy atom. The van der Waals surface area contributed by atoms with Crippen LogP contribution in [0.3, 0.4) is 0 Å². The molecular formula is C34H36FN9O. The Bertz CT molecular complexity index is 2000. The number of rotatable bonds is 9. The number of carbonyl (C=O) groups excluding carboxylic acids is 1. The van der Waals surface area contributed by atoms with Crippen LogP contribution in [0, 0.1) is 11.2 Å². The van der Waals surface area contributed by atoms with Crippen LogP contribution in [0.25, 0.3) is 55.8 Å². The number of benzene rings is 2. The van der Waals surface area contributed by atoms with Gasteiger partial charge in [-0.05, 0) is 61.5 Å². The number of H-pyrrole nitrogens is 2. The van der Waals surface area contributed by atoms with Gasteiger partial charge in [0.15, 0.2) is 11.5 Å². The fourth-order valence-electron chi connectivity index (χ4n) is 5.24. The molecule has 4 N–H and O–H groups in total. The van der Waals surface area contributed by atoms with Gasteiger partial charge in [0, 0.05) is 54.3 Å². The summed E-state index contributed by atoms with van der Waals surface area (Å²) < 4.78 is 14.7. The standard InChI is InChI=1S/C34H36FN9O/c1-34(2,3)16-29(45)39-25-13-21(17-36-19-25)22-14-27-31(42-43-32(27)38-18-22)33-40-28-8-6-7-26(30(28)41-33)20-11-23(35)15-24(12-20)37-9-10-44(4)5/h6-8,11-15,17-19,37H,9-10,16H2,1-5H3,(H,39,45)(H,40,41)(H,38,42,43). The lowest BCUT2D eigenvalue weighted by molar-refractivity contribution is -0.117. The minimum absolute atomic E-state index is 0.0635. The molecule has 2 aromatic carbocycles. The van der Waals surface area contributed by atoms with Crippen LogP contribution in [0.2, 0.25) is 0 Å². The average Bonchev–Trinajstić information content (AvgIpc) is 3.59. The number of fused-ring (bicyclic) bond motifs is 2. The molecule has 0 aliphatic rings. The van der Waals surface area contributed by atoms with Crippen molar-refractivity contribution in [1.29, 1.82) is 0 Å². The SMILES string of the molecule is CN(C)CCNc1cc(F)cc(-c2cccc3[nH]c(-c4n[nH]c5ncc(-c6cncc(NC(=O)CC(C)(C)C)c6)cc45)nc23)c1. The van der Waals surface area contributed by atoms with Crippen molar-refractivity contribution in [2.45, 2.75) is 27.2 Å². The Balaban J connectivity index is 1.33. The van der Waals surface area contributed by atoms with E-state index < -0.39 is 0 Å². The number of aromatic amines is 2. The largest absolute Gasteiger partial charge is 0.384 e. The zero-order valence-electron chi connectivity index (χ0n) is 26.0. The van der Waals surface area contributed by atoms with Gasteiger partial charge in [-0.1, -0.05) is 32.9 Å². The Morgan fingerprint density at radius 3 is 2.58 bits per heavy atom. The van der Waals surface area contributed by atoms with Crippen molar-refractivity contribution < 1.29 is 9.18 Å². The summed E-state index contributed by atoms with van der Waals surface area (Å²) in [7, 11) is 4.00. The van der Waals surface area contributed by atoms with Gasteiger partial charge in [-0.15, -0.1) is 0 Å². The third-order valence-electron chi connectivity index (χ3n) is 7.30. The van der Waals surface area contributed by atoms with E-state index in [1.807, 2.05) is 71.3 Å².